The van der Waals surface area contributed by atoms with Gasteiger partial charge in [0, 0.05) is 13.0 Å². The topological polar surface area (TPSA) is 77.2 Å². The van der Waals surface area contributed by atoms with Gasteiger partial charge in [-0.25, -0.2) is 8.78 Å². The van der Waals surface area contributed by atoms with Crippen LogP contribution < -0.4 is 0 Å². The van der Waals surface area contributed by atoms with E-state index in [1.54, 1.807) is 0 Å². The van der Waals surface area contributed by atoms with Crippen LogP contribution in [0.3, 0.4) is 0 Å². The lowest BCUT2D eigenvalue weighted by Crippen LogP contribution is -2.58. The molecule has 0 aliphatic heterocycles. The summed E-state index contributed by atoms with van der Waals surface area (Å²) >= 11 is 0. The molecule has 6 nitrogen and oxygen atoms in total. The number of carbonyl (C=O) groups excluding carboxylic acids is 1. The maximum atomic E-state index is 14.1. The van der Waals surface area contributed by atoms with Gasteiger partial charge in [-0.3, -0.25) is 4.79 Å². The molecule has 37 heavy (non-hydrogen) atoms. The number of hydrogen-bond acceptors (Lipinski definition) is 5. The first-order chi connectivity index (χ1) is 17.6. The molecule has 0 bridgehead atoms. The Morgan fingerprint density at radius 3 is 2.68 bits per heavy atom. The van der Waals surface area contributed by atoms with Gasteiger partial charge in [0.05, 0.1) is 12.2 Å². The predicted octanol–water partition coefficient (Wildman–Crippen LogP) is 5.32. The maximum Gasteiger partial charge on any atom is 0.188 e. The van der Waals surface area contributed by atoms with Gasteiger partial charge in [0.2, 0.25) is 0 Å². The fraction of sp³-hybridized carbons (Fsp3) is 0.759. The van der Waals surface area contributed by atoms with Crippen LogP contribution in [0.5, 0.6) is 0 Å². The van der Waals surface area contributed by atoms with Gasteiger partial charge in [-0.2, -0.15) is 9.90 Å². The number of ketones is 1. The molecule has 0 spiro atoms. The summed E-state index contributed by atoms with van der Waals surface area (Å²) in [6.07, 6.45) is 9.01. The number of fused-ring (bicyclic) bond motifs is 6. The van der Waals surface area contributed by atoms with Crippen molar-refractivity contribution in [3.63, 3.8) is 0 Å². The van der Waals surface area contributed by atoms with E-state index in [-0.39, 0.29) is 40.1 Å². The summed E-state index contributed by atoms with van der Waals surface area (Å²) in [5.41, 5.74) is -0.390. The molecule has 0 amide bonds. The predicted molar refractivity (Wildman–Crippen MR) is 134 cm³/mol. The lowest BCUT2D eigenvalue weighted by molar-refractivity contribution is -0.175. The standard InChI is InChI=1S/C29H39F2N3O3/c1-27(36)12-13-29(16-37-3)17(14-27)4-5-18-19-6-7-21(28(19,2)11-10-20(18)29)24(35)15-34-32-23-9-8-22(30)25(31)26(23)33-34/h8-9,17-21,36H,4-7,10-16H2,1-3H3/t17?,18-,19-,20-,21+,27+,28-,29+/m0/s1. The molecule has 0 radical (unpaired) electrons. The lowest BCUT2D eigenvalue weighted by atomic mass is 9.43. The monoisotopic (exact) mass is 515 g/mol. The Bertz CT molecular complexity index is 1210. The highest BCUT2D eigenvalue weighted by atomic mass is 19.2. The zero-order valence-corrected chi connectivity index (χ0v) is 22.2. The molecule has 2 aromatic rings. The van der Waals surface area contributed by atoms with Crippen LogP contribution >= 0.6 is 0 Å². The first kappa shape index (κ1) is 25.4. The SMILES string of the molecule is COC[C@]12CC[C@@](C)(O)CC1CC[C@@H]1[C@@H]2CC[C@]2(C)[C@@H](C(=O)Cn3nc4ccc(F)c(F)c4n3)CC[C@@H]12. The van der Waals surface area contributed by atoms with E-state index in [0.717, 1.165) is 70.5 Å². The molecule has 1 aromatic carbocycles. The Labute approximate surface area is 217 Å². The Kier molecular flexibility index (Phi) is 6.03. The molecule has 4 aliphatic carbocycles. The quantitative estimate of drug-likeness (QED) is 0.584. The van der Waals surface area contributed by atoms with E-state index in [4.69, 9.17) is 4.74 Å². The van der Waals surface area contributed by atoms with Gasteiger partial charge in [-0.15, -0.1) is 5.10 Å². The number of nitrogens with zero attached hydrogens (tertiary/aromatic N) is 3. The van der Waals surface area contributed by atoms with Crippen LogP contribution in [0.15, 0.2) is 12.1 Å². The van der Waals surface area contributed by atoms with Gasteiger partial charge in [0.15, 0.2) is 22.9 Å². The van der Waals surface area contributed by atoms with Gasteiger partial charge >= 0.3 is 0 Å². The molecule has 6 rings (SSSR count). The molecule has 1 heterocycles. The zero-order valence-electron chi connectivity index (χ0n) is 22.2. The van der Waals surface area contributed by atoms with Crippen molar-refractivity contribution in [1.29, 1.82) is 0 Å². The summed E-state index contributed by atoms with van der Waals surface area (Å²) in [6, 6.07) is 2.44. The van der Waals surface area contributed by atoms with Gasteiger partial charge < -0.3 is 9.84 Å². The van der Waals surface area contributed by atoms with E-state index in [2.05, 4.69) is 17.1 Å². The summed E-state index contributed by atoms with van der Waals surface area (Å²) in [5, 5.41) is 19.2. The van der Waals surface area contributed by atoms with Crippen LogP contribution in [-0.4, -0.2) is 45.2 Å². The fourth-order valence-corrected chi connectivity index (χ4v) is 9.60. The zero-order chi connectivity index (χ0) is 26.2. The van der Waals surface area contributed by atoms with Crippen molar-refractivity contribution < 1.29 is 23.4 Å². The van der Waals surface area contributed by atoms with Crippen molar-refractivity contribution in [2.24, 2.45) is 40.4 Å². The number of hydrogen-bond donors (Lipinski definition) is 1. The van der Waals surface area contributed by atoms with Crippen molar-refractivity contribution in [1.82, 2.24) is 15.0 Å². The molecule has 0 saturated heterocycles. The second-order valence-electron chi connectivity index (χ2n) is 13.1. The molecular formula is C29H39F2N3O3. The summed E-state index contributed by atoms with van der Waals surface area (Å²) in [4.78, 5) is 14.9. The van der Waals surface area contributed by atoms with E-state index < -0.39 is 17.2 Å². The third-order valence-electron chi connectivity index (χ3n) is 11.2. The number of carbonyl (C=O) groups is 1. The Morgan fingerprint density at radius 2 is 1.89 bits per heavy atom. The second-order valence-corrected chi connectivity index (χ2v) is 13.1. The molecular weight excluding hydrogens is 476 g/mol. The van der Waals surface area contributed by atoms with Gasteiger partial charge in [-0.05, 0) is 111 Å². The third kappa shape index (κ3) is 3.88. The molecule has 1 N–H and O–H groups in total. The Hall–Kier alpha value is -1.93. The minimum absolute atomic E-state index is 0.0123. The highest BCUT2D eigenvalue weighted by Crippen LogP contribution is 2.68. The molecule has 1 aromatic heterocycles. The Morgan fingerprint density at radius 1 is 1.08 bits per heavy atom. The average molecular weight is 516 g/mol. The van der Waals surface area contributed by atoms with Crippen molar-refractivity contribution in [3.8, 4) is 0 Å². The largest absolute Gasteiger partial charge is 0.390 e. The number of aromatic nitrogens is 3. The van der Waals surface area contributed by atoms with Gasteiger partial charge in [-0.1, -0.05) is 6.92 Å². The van der Waals surface area contributed by atoms with Crippen molar-refractivity contribution >= 4 is 16.8 Å². The van der Waals surface area contributed by atoms with E-state index in [0.29, 0.717) is 23.7 Å². The highest BCUT2D eigenvalue weighted by Gasteiger charge is 2.63. The third-order valence-corrected chi connectivity index (χ3v) is 11.2. The fourth-order valence-electron chi connectivity index (χ4n) is 9.60. The Balaban J connectivity index is 1.22. The first-order valence-corrected chi connectivity index (χ1v) is 14.0. The van der Waals surface area contributed by atoms with Crippen LogP contribution in [0.4, 0.5) is 8.78 Å². The number of rotatable bonds is 5. The normalized spacial score (nSPS) is 41.3. The lowest BCUT2D eigenvalue weighted by Gasteiger charge is -2.62. The van der Waals surface area contributed by atoms with E-state index in [1.165, 1.54) is 10.9 Å². The van der Waals surface area contributed by atoms with Crippen LogP contribution in [0, 0.1) is 52.1 Å². The van der Waals surface area contributed by atoms with E-state index in [9.17, 15) is 18.7 Å². The van der Waals surface area contributed by atoms with Gasteiger partial charge in [0.1, 0.15) is 12.1 Å². The molecule has 202 valence electrons. The van der Waals surface area contributed by atoms with Crippen molar-refractivity contribution in [2.75, 3.05) is 13.7 Å². The van der Waals surface area contributed by atoms with E-state index >= 15 is 0 Å². The average Bonchev–Trinajstić information content (AvgIpc) is 3.42. The number of halogens is 2. The molecule has 4 saturated carbocycles. The second kappa shape index (κ2) is 8.80. The van der Waals surface area contributed by atoms with Crippen molar-refractivity contribution in [2.45, 2.75) is 83.8 Å². The first-order valence-electron chi connectivity index (χ1n) is 14.0. The van der Waals surface area contributed by atoms with E-state index in [1.807, 2.05) is 14.0 Å². The summed E-state index contributed by atoms with van der Waals surface area (Å²) in [5.74, 6) is 0.178. The molecule has 1 unspecified atom stereocenters. The van der Waals surface area contributed by atoms with Crippen molar-refractivity contribution in [3.05, 3.63) is 23.8 Å². The molecule has 4 aliphatic rings. The number of benzene rings is 1. The number of Topliss-reactive ketones (excluding diaryl/α,β-unsaturated/α-hetero) is 1. The number of ether oxygens (including phenoxy) is 1. The molecule has 8 atom stereocenters. The summed E-state index contributed by atoms with van der Waals surface area (Å²) in [6.45, 7) is 5.05. The molecule has 4 fully saturated rings. The van der Waals surface area contributed by atoms with Crippen LogP contribution in [0.25, 0.3) is 11.0 Å². The minimum atomic E-state index is -1.02. The summed E-state index contributed by atoms with van der Waals surface area (Å²) < 4.78 is 33.6. The van der Waals surface area contributed by atoms with Crippen LogP contribution in [0.2, 0.25) is 0 Å². The maximum absolute atomic E-state index is 14.1. The number of methoxy groups -OCH3 is 1. The minimum Gasteiger partial charge on any atom is -0.390 e. The van der Waals surface area contributed by atoms with Crippen LogP contribution in [0.1, 0.15) is 71.6 Å². The highest BCUT2D eigenvalue weighted by molar-refractivity contribution is 5.82. The van der Waals surface area contributed by atoms with Crippen LogP contribution in [-0.2, 0) is 16.1 Å². The smallest absolute Gasteiger partial charge is 0.188 e. The number of aliphatic hydroxyl groups is 1. The summed E-state index contributed by atoms with van der Waals surface area (Å²) in [7, 11) is 1.81. The van der Waals surface area contributed by atoms with Gasteiger partial charge in [0.25, 0.3) is 0 Å². The molecule has 8 heteroatoms.